The van der Waals surface area contributed by atoms with E-state index in [0.717, 1.165) is 4.57 Å². The number of nitrogens with one attached hydrogen (secondary N) is 1. The van der Waals surface area contributed by atoms with Crippen LogP contribution in [-0.2, 0) is 23.8 Å². The summed E-state index contributed by atoms with van der Waals surface area (Å²) in [4.78, 5) is 47.5. The van der Waals surface area contributed by atoms with Crippen LogP contribution in [-0.4, -0.2) is 40.3 Å². The van der Waals surface area contributed by atoms with Gasteiger partial charge in [0.15, 0.2) is 12.3 Å². The Balaban J connectivity index is 2.30. The number of aromatic amines is 1. The minimum Gasteiger partial charge on any atom is -0.463 e. The second kappa shape index (κ2) is 6.78. The molecule has 0 aliphatic carbocycles. The molecular weight excluding hydrogens is 308 g/mol. The first-order chi connectivity index (χ1) is 10.8. The van der Waals surface area contributed by atoms with Gasteiger partial charge in [-0.3, -0.25) is 23.9 Å². The fraction of sp³-hybridized carbons (Fsp3) is 0.571. The van der Waals surface area contributed by atoms with Gasteiger partial charge in [0.05, 0.1) is 0 Å². The van der Waals surface area contributed by atoms with E-state index >= 15 is 0 Å². The molecule has 0 aromatic carbocycles. The third-order valence-electron chi connectivity index (χ3n) is 3.58. The van der Waals surface area contributed by atoms with Gasteiger partial charge >= 0.3 is 17.6 Å². The highest BCUT2D eigenvalue weighted by Gasteiger charge is 2.46. The zero-order valence-electron chi connectivity index (χ0n) is 13.0. The molecule has 126 valence electrons. The summed E-state index contributed by atoms with van der Waals surface area (Å²) in [5, 5.41) is 0. The first kappa shape index (κ1) is 16.9. The smallest absolute Gasteiger partial charge is 0.330 e. The third-order valence-corrected chi connectivity index (χ3v) is 3.58. The molecule has 2 rings (SSSR count). The molecule has 0 unspecified atom stereocenters. The molecule has 1 aromatic heterocycles. The number of rotatable bonds is 4. The van der Waals surface area contributed by atoms with Crippen LogP contribution in [0.4, 0.5) is 0 Å². The monoisotopic (exact) mass is 326 g/mol. The van der Waals surface area contributed by atoms with Gasteiger partial charge in [0, 0.05) is 32.0 Å². The fourth-order valence-electron chi connectivity index (χ4n) is 2.45. The van der Waals surface area contributed by atoms with Gasteiger partial charge in [0.2, 0.25) is 0 Å². The Morgan fingerprint density at radius 3 is 2.57 bits per heavy atom. The molecular formula is C14H18N2O7. The maximum Gasteiger partial charge on any atom is 0.330 e. The summed E-state index contributed by atoms with van der Waals surface area (Å²) in [7, 11) is 0. The SMILES string of the molecule is CC(=O)OC[C@H]1O[C@@H](n2ccc(=O)[nH]c2=O)[C@H](OC(C)=O)[C@@H]1C. The molecule has 9 heteroatoms. The largest absolute Gasteiger partial charge is 0.463 e. The van der Waals surface area contributed by atoms with E-state index < -0.39 is 41.6 Å². The number of H-pyrrole nitrogens is 1. The van der Waals surface area contributed by atoms with Crippen LogP contribution in [0.15, 0.2) is 21.9 Å². The number of hydrogen-bond donors (Lipinski definition) is 1. The maximum absolute atomic E-state index is 11.9. The molecule has 9 nitrogen and oxygen atoms in total. The summed E-state index contributed by atoms with van der Waals surface area (Å²) >= 11 is 0. The van der Waals surface area contributed by atoms with E-state index in [9.17, 15) is 19.2 Å². The van der Waals surface area contributed by atoms with Crippen molar-refractivity contribution in [2.24, 2.45) is 5.92 Å². The molecule has 1 N–H and O–H groups in total. The van der Waals surface area contributed by atoms with Crippen LogP contribution < -0.4 is 11.2 Å². The van der Waals surface area contributed by atoms with Gasteiger partial charge in [0.25, 0.3) is 5.56 Å². The molecule has 1 fully saturated rings. The summed E-state index contributed by atoms with van der Waals surface area (Å²) in [6.45, 7) is 4.26. The molecule has 0 saturated carbocycles. The number of carbonyl (C=O) groups is 2. The Labute approximate surface area is 131 Å². The molecule has 4 atom stereocenters. The first-order valence-corrected chi connectivity index (χ1v) is 7.07. The molecule has 1 aromatic rings. The highest BCUT2D eigenvalue weighted by atomic mass is 16.6. The van der Waals surface area contributed by atoms with E-state index in [0.29, 0.717) is 0 Å². The van der Waals surface area contributed by atoms with Crippen molar-refractivity contribution in [3.05, 3.63) is 33.1 Å². The lowest BCUT2D eigenvalue weighted by molar-refractivity contribution is -0.154. The summed E-state index contributed by atoms with van der Waals surface area (Å²) in [5.41, 5.74) is -1.22. The standard InChI is InChI=1S/C14H18N2O7/c1-7-10(6-21-8(2)17)23-13(12(7)22-9(3)18)16-5-4-11(19)15-14(16)20/h4-5,7,10,12-13H,6H2,1-3H3,(H,15,19,20)/t7-,10-,12-,13-/m1/s1. The van der Waals surface area contributed by atoms with Crippen LogP contribution in [0.1, 0.15) is 27.0 Å². The summed E-state index contributed by atoms with van der Waals surface area (Å²) < 4.78 is 17.1. The molecule has 2 heterocycles. The van der Waals surface area contributed by atoms with Crippen molar-refractivity contribution in [3.63, 3.8) is 0 Å². The second-order valence-electron chi connectivity index (χ2n) is 5.32. The van der Waals surface area contributed by atoms with Crippen LogP contribution in [0, 0.1) is 5.92 Å². The minimum atomic E-state index is -0.918. The summed E-state index contributed by atoms with van der Waals surface area (Å²) in [6.07, 6.45) is -0.953. The van der Waals surface area contributed by atoms with E-state index in [2.05, 4.69) is 4.98 Å². The molecule has 1 aliphatic rings. The molecule has 1 aliphatic heterocycles. The van der Waals surface area contributed by atoms with Crippen molar-refractivity contribution in [1.82, 2.24) is 9.55 Å². The van der Waals surface area contributed by atoms with Crippen molar-refractivity contribution in [1.29, 1.82) is 0 Å². The number of esters is 2. The van der Waals surface area contributed by atoms with E-state index in [1.54, 1.807) is 6.92 Å². The predicted molar refractivity (Wildman–Crippen MR) is 76.6 cm³/mol. The van der Waals surface area contributed by atoms with Gasteiger partial charge in [-0.25, -0.2) is 4.79 Å². The van der Waals surface area contributed by atoms with Gasteiger partial charge in [-0.05, 0) is 0 Å². The first-order valence-electron chi connectivity index (χ1n) is 7.07. The lowest BCUT2D eigenvalue weighted by Crippen LogP contribution is -2.37. The van der Waals surface area contributed by atoms with Gasteiger partial charge in [-0.15, -0.1) is 0 Å². The Morgan fingerprint density at radius 1 is 1.30 bits per heavy atom. The van der Waals surface area contributed by atoms with Crippen molar-refractivity contribution in [2.45, 2.75) is 39.2 Å². The second-order valence-corrected chi connectivity index (χ2v) is 5.32. The van der Waals surface area contributed by atoms with Gasteiger partial charge in [0.1, 0.15) is 12.7 Å². The predicted octanol–water partition coefficient (Wildman–Crippen LogP) is -0.435. The van der Waals surface area contributed by atoms with Gasteiger partial charge < -0.3 is 14.2 Å². The summed E-state index contributed by atoms with van der Waals surface area (Å²) in [6, 6.07) is 1.17. The topological polar surface area (TPSA) is 117 Å². The van der Waals surface area contributed by atoms with Gasteiger partial charge in [-0.2, -0.15) is 0 Å². The zero-order chi connectivity index (χ0) is 17.1. The molecule has 0 radical (unpaired) electrons. The summed E-state index contributed by atoms with van der Waals surface area (Å²) in [5.74, 6) is -1.31. The van der Waals surface area contributed by atoms with Crippen molar-refractivity contribution >= 4 is 11.9 Å². The zero-order valence-corrected chi connectivity index (χ0v) is 13.0. The fourth-order valence-corrected chi connectivity index (χ4v) is 2.45. The number of nitrogens with zero attached hydrogens (tertiary/aromatic N) is 1. The average Bonchev–Trinajstić information content (AvgIpc) is 2.73. The van der Waals surface area contributed by atoms with Crippen LogP contribution >= 0.6 is 0 Å². The van der Waals surface area contributed by atoms with E-state index in [1.807, 2.05) is 0 Å². The van der Waals surface area contributed by atoms with Crippen molar-refractivity contribution in [2.75, 3.05) is 6.61 Å². The highest BCUT2D eigenvalue weighted by Crippen LogP contribution is 2.35. The molecule has 0 spiro atoms. The Kier molecular flexibility index (Phi) is 4.99. The van der Waals surface area contributed by atoms with Crippen LogP contribution in [0.2, 0.25) is 0 Å². The van der Waals surface area contributed by atoms with Crippen LogP contribution in [0.25, 0.3) is 0 Å². The number of hydrogen-bond acceptors (Lipinski definition) is 7. The van der Waals surface area contributed by atoms with Crippen LogP contribution in [0.5, 0.6) is 0 Å². The average molecular weight is 326 g/mol. The number of carbonyl (C=O) groups excluding carboxylic acids is 2. The lowest BCUT2D eigenvalue weighted by Gasteiger charge is -2.21. The van der Waals surface area contributed by atoms with Gasteiger partial charge in [-0.1, -0.05) is 6.92 Å². The third kappa shape index (κ3) is 3.86. The Hall–Kier alpha value is -2.42. The van der Waals surface area contributed by atoms with Crippen LogP contribution in [0.3, 0.4) is 0 Å². The maximum atomic E-state index is 11.9. The highest BCUT2D eigenvalue weighted by molar-refractivity contribution is 5.66. The van der Waals surface area contributed by atoms with Crippen molar-refractivity contribution < 1.29 is 23.8 Å². The van der Waals surface area contributed by atoms with E-state index in [-0.39, 0.29) is 12.5 Å². The molecule has 0 amide bonds. The lowest BCUT2D eigenvalue weighted by atomic mass is 10.0. The normalized spacial score (nSPS) is 26.7. The number of aromatic nitrogens is 2. The van der Waals surface area contributed by atoms with Crippen molar-refractivity contribution in [3.8, 4) is 0 Å². The minimum absolute atomic E-state index is 0.0249. The van der Waals surface area contributed by atoms with E-state index in [4.69, 9.17) is 14.2 Å². The quantitative estimate of drug-likeness (QED) is 0.746. The Bertz CT molecular complexity index is 708. The van der Waals surface area contributed by atoms with E-state index in [1.165, 1.54) is 26.1 Å². The Morgan fingerprint density at radius 2 is 2.00 bits per heavy atom. The molecule has 0 bridgehead atoms. The molecule has 1 saturated heterocycles. The number of ether oxygens (including phenoxy) is 3. The molecule has 23 heavy (non-hydrogen) atoms.